The Labute approximate surface area is 172 Å². The molecule has 5 rings (SSSR count). The van der Waals surface area contributed by atoms with E-state index >= 15 is 0 Å². The lowest BCUT2D eigenvalue weighted by molar-refractivity contribution is -0.690. The molecule has 0 saturated heterocycles. The van der Waals surface area contributed by atoms with Crippen molar-refractivity contribution in [2.75, 3.05) is 17.3 Å². The summed E-state index contributed by atoms with van der Waals surface area (Å²) in [5.41, 5.74) is 5.16. The van der Waals surface area contributed by atoms with Crippen LogP contribution in [0.15, 0.2) is 63.8 Å². The standard InChI is InChI=1S/C20H21N7OS/c1-13-10-17(24-23-13)25-26-11-18-21-8-9-27(18)19(12-26)29-16-6-4-15(5-7-16)22-20(28)14-2-3-14/h4-10,12,14H,2-3,11H2,1H3,(H,22,28)(H2,23,24,25)/p+1. The summed E-state index contributed by atoms with van der Waals surface area (Å²) in [5, 5.41) is 13.3. The van der Waals surface area contributed by atoms with Crippen molar-refractivity contribution in [2.24, 2.45) is 10.9 Å². The zero-order valence-electron chi connectivity index (χ0n) is 16.0. The van der Waals surface area contributed by atoms with Gasteiger partial charge in [0.05, 0.1) is 12.4 Å². The van der Waals surface area contributed by atoms with Crippen LogP contribution in [0.3, 0.4) is 0 Å². The minimum Gasteiger partial charge on any atom is -0.326 e. The summed E-state index contributed by atoms with van der Waals surface area (Å²) in [7, 11) is 0. The van der Waals surface area contributed by atoms with E-state index in [9.17, 15) is 4.79 Å². The molecule has 8 nitrogen and oxygen atoms in total. The first-order valence-corrected chi connectivity index (χ1v) is 10.4. The molecule has 1 amide bonds. The predicted molar refractivity (Wildman–Crippen MR) is 113 cm³/mol. The Morgan fingerprint density at radius 2 is 2.14 bits per heavy atom. The van der Waals surface area contributed by atoms with Crippen LogP contribution in [0.25, 0.3) is 0 Å². The molecular weight excluding hydrogens is 386 g/mol. The van der Waals surface area contributed by atoms with Gasteiger partial charge in [0.15, 0.2) is 10.8 Å². The van der Waals surface area contributed by atoms with E-state index in [0.29, 0.717) is 6.54 Å². The van der Waals surface area contributed by atoms with Crippen LogP contribution in [0.4, 0.5) is 11.5 Å². The van der Waals surface area contributed by atoms with E-state index in [1.54, 1.807) is 11.8 Å². The number of quaternary nitrogens is 1. The Hall–Kier alpha value is -3.04. The van der Waals surface area contributed by atoms with Crippen LogP contribution < -0.4 is 15.6 Å². The molecule has 2 aromatic rings. The van der Waals surface area contributed by atoms with Gasteiger partial charge in [-0.05, 0) is 55.8 Å². The minimum atomic E-state index is 0.128. The van der Waals surface area contributed by atoms with Gasteiger partial charge in [-0.2, -0.15) is 5.10 Å². The van der Waals surface area contributed by atoms with Gasteiger partial charge in [0.1, 0.15) is 12.7 Å². The van der Waals surface area contributed by atoms with Crippen LogP contribution in [0.5, 0.6) is 0 Å². The molecule has 4 N–H and O–H groups in total. The van der Waals surface area contributed by atoms with Gasteiger partial charge in [0.2, 0.25) is 11.7 Å². The second-order valence-corrected chi connectivity index (χ2v) is 8.48. The Balaban J connectivity index is 1.30. The second-order valence-electron chi connectivity index (χ2n) is 7.36. The molecule has 0 radical (unpaired) electrons. The van der Waals surface area contributed by atoms with Crippen molar-refractivity contribution in [3.63, 3.8) is 0 Å². The molecule has 1 saturated carbocycles. The van der Waals surface area contributed by atoms with Gasteiger partial charge in [0, 0.05) is 28.3 Å². The normalized spacial score (nSPS) is 20.2. The number of amidine groups is 1. The van der Waals surface area contributed by atoms with E-state index in [1.165, 1.54) is 0 Å². The molecule has 9 heteroatoms. The summed E-state index contributed by atoms with van der Waals surface area (Å²) in [5.74, 6) is 2.14. The molecule has 1 aromatic heterocycles. The number of carbonyl (C=O) groups is 1. The lowest BCUT2D eigenvalue weighted by Gasteiger charge is -2.28. The van der Waals surface area contributed by atoms with Crippen LogP contribution in [0.2, 0.25) is 0 Å². The molecule has 1 aromatic carbocycles. The number of aromatic amines is 1. The molecule has 29 heavy (non-hydrogen) atoms. The van der Waals surface area contributed by atoms with Crippen LogP contribution in [-0.4, -0.2) is 33.5 Å². The number of aliphatic imine (C=N–C) groups is 1. The van der Waals surface area contributed by atoms with Gasteiger partial charge < -0.3 is 5.32 Å². The van der Waals surface area contributed by atoms with Gasteiger partial charge in [-0.15, -0.1) is 0 Å². The number of nitrogens with one attached hydrogen (secondary N) is 4. The zero-order chi connectivity index (χ0) is 19.8. The van der Waals surface area contributed by atoms with E-state index in [1.807, 2.05) is 48.5 Å². The fourth-order valence-electron chi connectivity index (χ4n) is 3.23. The Morgan fingerprint density at radius 3 is 2.86 bits per heavy atom. The number of hydrazine groups is 1. The predicted octanol–water partition coefficient (Wildman–Crippen LogP) is 2.07. The monoisotopic (exact) mass is 408 g/mol. The number of carbonyl (C=O) groups excluding carboxylic acids is 1. The first-order chi connectivity index (χ1) is 14.1. The number of benzene rings is 1. The highest BCUT2D eigenvalue weighted by atomic mass is 32.2. The SMILES string of the molecule is Cc1cc(NN2C=C(Sc3ccc(NC(=O)C4CC4)cc3)[NH+]3C=CN=C3C2)n[nH]1. The molecule has 1 aliphatic carbocycles. The molecule has 0 bridgehead atoms. The van der Waals surface area contributed by atoms with Crippen molar-refractivity contribution in [2.45, 2.75) is 24.7 Å². The van der Waals surface area contributed by atoms with Gasteiger partial charge in [-0.25, -0.2) is 9.89 Å². The lowest BCUT2D eigenvalue weighted by atomic mass is 10.3. The third kappa shape index (κ3) is 4.06. The first-order valence-electron chi connectivity index (χ1n) is 9.61. The third-order valence-electron chi connectivity index (χ3n) is 4.90. The number of fused-ring (bicyclic) bond motifs is 1. The van der Waals surface area contributed by atoms with Crippen LogP contribution >= 0.6 is 11.8 Å². The first kappa shape index (κ1) is 18.0. The maximum absolute atomic E-state index is 11.9. The van der Waals surface area contributed by atoms with Crippen LogP contribution in [0.1, 0.15) is 18.5 Å². The number of nitrogens with zero attached hydrogens (tertiary/aromatic N) is 3. The Morgan fingerprint density at radius 1 is 1.31 bits per heavy atom. The smallest absolute Gasteiger partial charge is 0.233 e. The maximum Gasteiger partial charge on any atom is 0.233 e. The van der Waals surface area contributed by atoms with Crippen molar-refractivity contribution in [1.29, 1.82) is 0 Å². The fourth-order valence-corrected chi connectivity index (χ4v) is 4.24. The van der Waals surface area contributed by atoms with Crippen molar-refractivity contribution in [3.05, 3.63) is 59.7 Å². The van der Waals surface area contributed by atoms with Crippen molar-refractivity contribution < 1.29 is 9.69 Å². The highest BCUT2D eigenvalue weighted by molar-refractivity contribution is 8.02. The quantitative estimate of drug-likeness (QED) is 0.588. The summed E-state index contributed by atoms with van der Waals surface area (Å²) in [6.45, 7) is 2.64. The van der Waals surface area contributed by atoms with Gasteiger partial charge in [-0.3, -0.25) is 20.3 Å². The molecular formula is C20H22N7OS+. The number of hydrogen-bond donors (Lipinski definition) is 4. The molecule has 2 aliphatic heterocycles. The average Bonchev–Trinajstić information content (AvgIpc) is 3.32. The highest BCUT2D eigenvalue weighted by Gasteiger charge is 2.32. The highest BCUT2D eigenvalue weighted by Crippen LogP contribution is 2.31. The van der Waals surface area contributed by atoms with E-state index in [0.717, 1.165) is 50.7 Å². The van der Waals surface area contributed by atoms with Crippen LogP contribution in [-0.2, 0) is 4.79 Å². The van der Waals surface area contributed by atoms with Crippen molar-refractivity contribution >= 4 is 35.0 Å². The van der Waals surface area contributed by atoms with Crippen molar-refractivity contribution in [1.82, 2.24) is 15.2 Å². The van der Waals surface area contributed by atoms with E-state index in [4.69, 9.17) is 0 Å². The average molecular weight is 409 g/mol. The largest absolute Gasteiger partial charge is 0.326 e. The second kappa shape index (κ2) is 7.41. The van der Waals surface area contributed by atoms with Crippen molar-refractivity contribution in [3.8, 4) is 0 Å². The van der Waals surface area contributed by atoms with E-state index in [-0.39, 0.29) is 11.8 Å². The van der Waals surface area contributed by atoms with Gasteiger partial charge in [0.25, 0.3) is 0 Å². The number of rotatable bonds is 6. The molecule has 3 heterocycles. The maximum atomic E-state index is 11.9. The lowest BCUT2D eigenvalue weighted by Crippen LogP contribution is -3.09. The third-order valence-corrected chi connectivity index (χ3v) is 5.96. The summed E-state index contributed by atoms with van der Waals surface area (Å²) < 4.78 is 0. The number of H-pyrrole nitrogens is 1. The summed E-state index contributed by atoms with van der Waals surface area (Å²) in [6.07, 6.45) is 7.99. The zero-order valence-corrected chi connectivity index (χ0v) is 16.8. The molecule has 0 spiro atoms. The van der Waals surface area contributed by atoms with E-state index in [2.05, 4.69) is 38.3 Å². The van der Waals surface area contributed by atoms with E-state index < -0.39 is 0 Å². The van der Waals surface area contributed by atoms with Gasteiger partial charge in [-0.1, -0.05) is 0 Å². The summed E-state index contributed by atoms with van der Waals surface area (Å²) in [4.78, 5) is 18.7. The number of aromatic nitrogens is 2. The number of amides is 1. The summed E-state index contributed by atoms with van der Waals surface area (Å²) >= 11 is 1.68. The number of hydrogen-bond acceptors (Lipinski definition) is 6. The number of anilines is 2. The Bertz CT molecular complexity index is 1020. The number of aryl methyl sites for hydroxylation is 1. The topological polar surface area (TPSA) is 89.8 Å². The minimum absolute atomic E-state index is 0.128. The molecule has 148 valence electrons. The fraction of sp³-hybridized carbons (Fsp3) is 0.250. The Kier molecular flexibility index (Phi) is 4.61. The molecule has 1 atom stereocenters. The molecule has 3 aliphatic rings. The number of thioether (sulfide) groups is 1. The molecule has 1 unspecified atom stereocenters. The summed E-state index contributed by atoms with van der Waals surface area (Å²) in [6, 6.07) is 9.95. The molecule has 1 fully saturated rings. The van der Waals surface area contributed by atoms with Crippen LogP contribution in [0, 0.1) is 12.8 Å². The van der Waals surface area contributed by atoms with Gasteiger partial charge >= 0.3 is 0 Å².